The highest BCUT2D eigenvalue weighted by Gasteiger charge is 2.07. The Morgan fingerprint density at radius 1 is 1.06 bits per heavy atom. The number of hydrogen-bond donors (Lipinski definition) is 1. The highest BCUT2D eigenvalue weighted by atomic mass is 79.9. The van der Waals surface area contributed by atoms with Crippen molar-refractivity contribution in [3.05, 3.63) is 50.9 Å². The van der Waals surface area contributed by atoms with Gasteiger partial charge >= 0.3 is 0 Å². The number of halogens is 3. The Labute approximate surface area is 117 Å². The number of ether oxygens (including phenoxy) is 1. The largest absolute Gasteiger partial charge is 0.455 e. The average Bonchev–Trinajstić information content (AvgIpc) is 2.26. The van der Waals surface area contributed by atoms with Crippen molar-refractivity contribution in [1.29, 1.82) is 0 Å². The second kappa shape index (κ2) is 5.17. The summed E-state index contributed by atoms with van der Waals surface area (Å²) in [6, 6.07) is 10.6. The quantitative estimate of drug-likeness (QED) is 0.773. The van der Waals surface area contributed by atoms with E-state index in [4.69, 9.17) is 33.7 Å². The fourth-order valence-electron chi connectivity index (χ4n) is 1.29. The van der Waals surface area contributed by atoms with Crippen LogP contribution in [0.3, 0.4) is 0 Å². The van der Waals surface area contributed by atoms with E-state index in [1.165, 1.54) is 0 Å². The summed E-state index contributed by atoms with van der Waals surface area (Å²) in [6.45, 7) is 0. The zero-order valence-corrected chi connectivity index (χ0v) is 11.7. The van der Waals surface area contributed by atoms with Crippen molar-refractivity contribution in [2.45, 2.75) is 0 Å². The fraction of sp³-hybridized carbons (Fsp3) is 0. The van der Waals surface area contributed by atoms with Gasteiger partial charge in [-0.3, -0.25) is 0 Å². The first kappa shape index (κ1) is 12.6. The lowest BCUT2D eigenvalue weighted by atomic mass is 10.3. The highest BCUT2D eigenvalue weighted by molar-refractivity contribution is 9.10. The van der Waals surface area contributed by atoms with Gasteiger partial charge in [0.2, 0.25) is 0 Å². The molecule has 2 N–H and O–H groups in total. The van der Waals surface area contributed by atoms with Gasteiger partial charge < -0.3 is 10.5 Å². The molecule has 0 fully saturated rings. The van der Waals surface area contributed by atoms with E-state index in [1.807, 2.05) is 24.3 Å². The summed E-state index contributed by atoms with van der Waals surface area (Å²) in [5, 5.41) is 0.816. The van der Waals surface area contributed by atoms with Crippen molar-refractivity contribution in [2.24, 2.45) is 0 Å². The third kappa shape index (κ3) is 3.06. The maximum absolute atomic E-state index is 5.91. The molecule has 2 rings (SSSR count). The van der Waals surface area contributed by atoms with Crippen LogP contribution in [0.25, 0.3) is 0 Å². The van der Waals surface area contributed by atoms with Gasteiger partial charge in [0.25, 0.3) is 0 Å². The zero-order chi connectivity index (χ0) is 12.4. The van der Waals surface area contributed by atoms with Gasteiger partial charge in [-0.25, -0.2) is 0 Å². The van der Waals surface area contributed by atoms with Crippen molar-refractivity contribution in [2.75, 3.05) is 5.73 Å². The highest BCUT2D eigenvalue weighted by Crippen LogP contribution is 2.35. The van der Waals surface area contributed by atoms with Crippen molar-refractivity contribution < 1.29 is 4.74 Å². The maximum Gasteiger partial charge on any atom is 0.151 e. The molecule has 2 aromatic rings. The van der Waals surface area contributed by atoms with Crippen LogP contribution >= 0.6 is 39.1 Å². The molecular formula is C12H8BrCl2NO. The summed E-state index contributed by atoms with van der Waals surface area (Å²) in [7, 11) is 0. The molecule has 0 bridgehead atoms. The molecule has 88 valence electrons. The van der Waals surface area contributed by atoms with Gasteiger partial charge in [-0.1, -0.05) is 45.2 Å². The second-order valence-corrected chi connectivity index (χ2v) is 5.09. The molecule has 17 heavy (non-hydrogen) atoms. The molecule has 2 aromatic carbocycles. The summed E-state index contributed by atoms with van der Waals surface area (Å²) in [4.78, 5) is 0. The van der Waals surface area contributed by atoms with E-state index in [1.54, 1.807) is 12.1 Å². The van der Waals surface area contributed by atoms with Crippen molar-refractivity contribution in [3.8, 4) is 11.5 Å². The van der Waals surface area contributed by atoms with Crippen molar-refractivity contribution in [3.63, 3.8) is 0 Å². The van der Waals surface area contributed by atoms with Crippen LogP contribution in [0.15, 0.2) is 40.9 Å². The van der Waals surface area contributed by atoms with Gasteiger partial charge in [0.05, 0.1) is 15.7 Å². The van der Waals surface area contributed by atoms with Crippen molar-refractivity contribution >= 4 is 44.8 Å². The lowest BCUT2D eigenvalue weighted by Gasteiger charge is -2.09. The first-order valence-electron chi connectivity index (χ1n) is 4.74. The molecule has 0 aromatic heterocycles. The summed E-state index contributed by atoms with van der Waals surface area (Å²) < 4.78 is 6.55. The first-order valence-corrected chi connectivity index (χ1v) is 6.29. The Hall–Kier alpha value is -0.900. The third-order valence-electron chi connectivity index (χ3n) is 2.08. The minimum atomic E-state index is 0.408. The average molecular weight is 333 g/mol. The minimum absolute atomic E-state index is 0.408. The van der Waals surface area contributed by atoms with E-state index in [0.717, 1.165) is 4.47 Å². The van der Waals surface area contributed by atoms with Crippen LogP contribution in [0.2, 0.25) is 10.0 Å². The van der Waals surface area contributed by atoms with Crippen LogP contribution in [-0.2, 0) is 0 Å². The van der Waals surface area contributed by atoms with Gasteiger partial charge in [0.15, 0.2) is 5.75 Å². The normalized spacial score (nSPS) is 10.3. The molecule has 0 aliphatic rings. The van der Waals surface area contributed by atoms with Crippen LogP contribution < -0.4 is 10.5 Å². The van der Waals surface area contributed by atoms with Crippen LogP contribution in [-0.4, -0.2) is 0 Å². The predicted octanol–water partition coefficient (Wildman–Crippen LogP) is 5.13. The Kier molecular flexibility index (Phi) is 3.82. The zero-order valence-electron chi connectivity index (χ0n) is 8.58. The molecule has 0 radical (unpaired) electrons. The molecule has 0 saturated heterocycles. The smallest absolute Gasteiger partial charge is 0.151 e. The number of hydrogen-bond acceptors (Lipinski definition) is 2. The second-order valence-electron chi connectivity index (χ2n) is 3.36. The number of nitrogens with two attached hydrogens (primary N) is 1. The van der Waals surface area contributed by atoms with Crippen LogP contribution in [0.4, 0.5) is 5.69 Å². The molecule has 0 unspecified atom stereocenters. The van der Waals surface area contributed by atoms with E-state index >= 15 is 0 Å². The molecule has 0 aliphatic carbocycles. The van der Waals surface area contributed by atoms with E-state index in [2.05, 4.69) is 15.9 Å². The molecule has 0 aliphatic heterocycles. The van der Waals surface area contributed by atoms with E-state index in [-0.39, 0.29) is 0 Å². The molecule has 0 spiro atoms. The fourth-order valence-corrected chi connectivity index (χ4v) is 1.99. The summed E-state index contributed by atoms with van der Waals surface area (Å²) >= 11 is 15.1. The molecule has 0 amide bonds. The van der Waals surface area contributed by atoms with Crippen LogP contribution in [0, 0.1) is 0 Å². The number of benzene rings is 2. The molecule has 5 heteroatoms. The van der Waals surface area contributed by atoms with E-state index < -0.39 is 0 Å². The number of rotatable bonds is 2. The maximum atomic E-state index is 5.91. The van der Waals surface area contributed by atoms with Gasteiger partial charge in [0.1, 0.15) is 5.75 Å². The summed E-state index contributed by atoms with van der Waals surface area (Å²) in [5.74, 6) is 1.15. The predicted molar refractivity (Wildman–Crippen MR) is 75.1 cm³/mol. The Morgan fingerprint density at radius 2 is 1.76 bits per heavy atom. The molecule has 2 nitrogen and oxygen atoms in total. The van der Waals surface area contributed by atoms with Gasteiger partial charge in [-0.15, -0.1) is 0 Å². The molecular weight excluding hydrogens is 325 g/mol. The number of anilines is 1. The van der Waals surface area contributed by atoms with E-state index in [0.29, 0.717) is 27.2 Å². The topological polar surface area (TPSA) is 35.2 Å². The lowest BCUT2D eigenvalue weighted by molar-refractivity contribution is 0.485. The number of nitrogen functional groups attached to an aromatic ring is 1. The van der Waals surface area contributed by atoms with Crippen LogP contribution in [0.5, 0.6) is 11.5 Å². The standard InChI is InChI=1S/C12H8BrCl2NO/c13-7-2-1-3-8(4-7)17-12-6-10(15)9(14)5-11(12)16/h1-6H,16H2. The van der Waals surface area contributed by atoms with Gasteiger partial charge in [0, 0.05) is 10.5 Å². The molecule has 0 saturated carbocycles. The van der Waals surface area contributed by atoms with Gasteiger partial charge in [-0.05, 0) is 24.3 Å². The van der Waals surface area contributed by atoms with Crippen molar-refractivity contribution in [1.82, 2.24) is 0 Å². The van der Waals surface area contributed by atoms with Gasteiger partial charge in [-0.2, -0.15) is 0 Å². The Morgan fingerprint density at radius 3 is 2.47 bits per heavy atom. The summed E-state index contributed by atoms with van der Waals surface area (Å²) in [6.07, 6.45) is 0. The minimum Gasteiger partial charge on any atom is -0.455 e. The van der Waals surface area contributed by atoms with Crippen LogP contribution in [0.1, 0.15) is 0 Å². The van der Waals surface area contributed by atoms with E-state index in [9.17, 15) is 0 Å². The Balaban J connectivity index is 2.33. The third-order valence-corrected chi connectivity index (χ3v) is 3.29. The Bertz CT molecular complexity index is 560. The monoisotopic (exact) mass is 331 g/mol. The molecule has 0 atom stereocenters. The molecule has 0 heterocycles. The SMILES string of the molecule is Nc1cc(Cl)c(Cl)cc1Oc1cccc(Br)c1. The lowest BCUT2D eigenvalue weighted by Crippen LogP contribution is -1.92. The summed E-state index contributed by atoms with van der Waals surface area (Å²) in [5.41, 5.74) is 6.24. The first-order chi connectivity index (χ1) is 8.06.